The molecule has 0 saturated heterocycles. The van der Waals surface area contributed by atoms with E-state index in [2.05, 4.69) is 20.7 Å². The van der Waals surface area contributed by atoms with E-state index in [-0.39, 0.29) is 4.21 Å². The monoisotopic (exact) mass is 393 g/mol. The van der Waals surface area contributed by atoms with E-state index >= 15 is 0 Å². The molecule has 22 heavy (non-hydrogen) atoms. The number of anilines is 1. The Kier molecular flexibility index (Phi) is 4.33. The van der Waals surface area contributed by atoms with Crippen LogP contribution in [0, 0.1) is 0 Å². The molecule has 0 amide bonds. The lowest BCUT2D eigenvalue weighted by Crippen LogP contribution is -2.12. The first-order chi connectivity index (χ1) is 10.6. The van der Waals surface area contributed by atoms with E-state index in [0.717, 1.165) is 14.9 Å². The summed E-state index contributed by atoms with van der Waals surface area (Å²) in [5.41, 5.74) is 2.38. The highest BCUT2D eigenvalue weighted by atomic mass is 79.9. The second-order valence-corrected chi connectivity index (χ2v) is 8.95. The summed E-state index contributed by atoms with van der Waals surface area (Å²) in [6, 6.07) is 20.4. The largest absolute Gasteiger partial charge is 0.278 e. The van der Waals surface area contributed by atoms with Crippen molar-refractivity contribution in [3.63, 3.8) is 0 Å². The highest BCUT2D eigenvalue weighted by molar-refractivity contribution is 9.11. The number of hydrogen-bond donors (Lipinski definition) is 1. The van der Waals surface area contributed by atoms with E-state index in [1.54, 1.807) is 18.2 Å². The summed E-state index contributed by atoms with van der Waals surface area (Å²) >= 11 is 4.47. The van der Waals surface area contributed by atoms with E-state index in [1.807, 2.05) is 48.5 Å². The summed E-state index contributed by atoms with van der Waals surface area (Å²) in [5, 5.41) is 0. The third-order valence-electron chi connectivity index (χ3n) is 3.07. The summed E-state index contributed by atoms with van der Waals surface area (Å²) in [6.45, 7) is 0. The van der Waals surface area contributed by atoms with E-state index in [9.17, 15) is 8.42 Å². The Morgan fingerprint density at radius 1 is 0.864 bits per heavy atom. The molecule has 0 saturated carbocycles. The molecule has 0 fully saturated rings. The second-order valence-electron chi connectivity index (χ2n) is 4.58. The van der Waals surface area contributed by atoms with Gasteiger partial charge in [-0.3, -0.25) is 4.72 Å². The molecule has 0 aliphatic rings. The van der Waals surface area contributed by atoms with Crippen molar-refractivity contribution < 1.29 is 8.42 Å². The highest BCUT2D eigenvalue weighted by Crippen LogP contribution is 2.32. The van der Waals surface area contributed by atoms with E-state index < -0.39 is 10.0 Å². The van der Waals surface area contributed by atoms with Gasteiger partial charge in [-0.1, -0.05) is 48.5 Å². The minimum absolute atomic E-state index is 0.280. The van der Waals surface area contributed by atoms with Crippen LogP contribution in [0.1, 0.15) is 0 Å². The van der Waals surface area contributed by atoms with Gasteiger partial charge in [0.2, 0.25) is 0 Å². The molecule has 3 aromatic rings. The number of benzene rings is 2. The van der Waals surface area contributed by atoms with Gasteiger partial charge in [-0.2, -0.15) is 0 Å². The Bertz CT molecular complexity index is 889. The molecule has 0 unspecified atom stereocenters. The molecule has 2 aromatic carbocycles. The maximum Gasteiger partial charge on any atom is 0.271 e. The minimum atomic E-state index is -3.58. The van der Waals surface area contributed by atoms with Crippen LogP contribution in [0.2, 0.25) is 0 Å². The van der Waals surface area contributed by atoms with Crippen LogP contribution in [0.3, 0.4) is 0 Å². The van der Waals surface area contributed by atoms with Gasteiger partial charge in [0.25, 0.3) is 10.0 Å². The summed E-state index contributed by atoms with van der Waals surface area (Å²) < 4.78 is 28.7. The van der Waals surface area contributed by atoms with Gasteiger partial charge >= 0.3 is 0 Å². The molecule has 0 aliphatic heterocycles. The molecule has 1 aromatic heterocycles. The lowest BCUT2D eigenvalue weighted by Gasteiger charge is -2.11. The van der Waals surface area contributed by atoms with Crippen molar-refractivity contribution in [2.75, 3.05) is 4.72 Å². The van der Waals surface area contributed by atoms with Crippen molar-refractivity contribution in [2.24, 2.45) is 0 Å². The number of para-hydroxylation sites is 1. The van der Waals surface area contributed by atoms with Crippen LogP contribution in [0.4, 0.5) is 5.69 Å². The van der Waals surface area contributed by atoms with Crippen molar-refractivity contribution in [3.8, 4) is 11.1 Å². The molecule has 0 aliphatic carbocycles. The van der Waals surface area contributed by atoms with Gasteiger partial charge in [-0.05, 0) is 39.7 Å². The molecule has 0 radical (unpaired) electrons. The predicted molar refractivity (Wildman–Crippen MR) is 94.7 cm³/mol. The fourth-order valence-corrected chi connectivity index (χ4v) is 5.17. The molecule has 0 bridgehead atoms. The van der Waals surface area contributed by atoms with Crippen LogP contribution in [0.15, 0.2) is 74.7 Å². The standard InChI is InChI=1S/C16H12BrNO2S2/c17-15-10-11-16(21-15)22(19,20)18-14-9-5-4-8-13(14)12-6-2-1-3-7-12/h1-11,18H. The van der Waals surface area contributed by atoms with Gasteiger partial charge in [-0.25, -0.2) is 8.42 Å². The first kappa shape index (κ1) is 15.3. The zero-order chi connectivity index (χ0) is 15.6. The molecular weight excluding hydrogens is 382 g/mol. The zero-order valence-electron chi connectivity index (χ0n) is 11.4. The number of nitrogens with one attached hydrogen (secondary N) is 1. The Hall–Kier alpha value is -1.63. The van der Waals surface area contributed by atoms with Gasteiger partial charge in [0, 0.05) is 5.56 Å². The van der Waals surface area contributed by atoms with Crippen LogP contribution in [0.5, 0.6) is 0 Å². The molecular formula is C16H12BrNO2S2. The summed E-state index contributed by atoms with van der Waals surface area (Å²) in [4.78, 5) is 0. The first-order valence-corrected chi connectivity index (χ1v) is 9.58. The molecule has 112 valence electrons. The highest BCUT2D eigenvalue weighted by Gasteiger charge is 2.18. The summed E-state index contributed by atoms with van der Waals surface area (Å²) in [5.74, 6) is 0. The molecule has 1 heterocycles. The lowest BCUT2D eigenvalue weighted by molar-refractivity contribution is 0.603. The van der Waals surface area contributed by atoms with Crippen molar-refractivity contribution in [1.29, 1.82) is 0 Å². The van der Waals surface area contributed by atoms with Gasteiger partial charge in [-0.15, -0.1) is 11.3 Å². The number of thiophene rings is 1. The quantitative estimate of drug-likeness (QED) is 0.679. The van der Waals surface area contributed by atoms with Crippen LogP contribution in [-0.2, 0) is 10.0 Å². The SMILES string of the molecule is O=S(=O)(Nc1ccccc1-c1ccccc1)c1ccc(Br)s1. The Balaban J connectivity index is 2.00. The number of halogens is 1. The van der Waals surface area contributed by atoms with Crippen LogP contribution < -0.4 is 4.72 Å². The van der Waals surface area contributed by atoms with Crippen LogP contribution in [0.25, 0.3) is 11.1 Å². The predicted octanol–water partition coefficient (Wildman–Crippen LogP) is 4.98. The molecule has 6 heteroatoms. The topological polar surface area (TPSA) is 46.2 Å². The fourth-order valence-electron chi connectivity index (χ4n) is 2.08. The van der Waals surface area contributed by atoms with Crippen molar-refractivity contribution in [1.82, 2.24) is 0 Å². The molecule has 3 nitrogen and oxygen atoms in total. The Labute approximate surface area is 141 Å². The number of rotatable bonds is 4. The fraction of sp³-hybridized carbons (Fsp3) is 0. The molecule has 3 rings (SSSR count). The van der Waals surface area contributed by atoms with Crippen molar-refractivity contribution >= 4 is 43.0 Å². The van der Waals surface area contributed by atoms with Gasteiger partial charge in [0.15, 0.2) is 0 Å². The lowest BCUT2D eigenvalue weighted by atomic mass is 10.0. The average molecular weight is 394 g/mol. The van der Waals surface area contributed by atoms with E-state index in [0.29, 0.717) is 5.69 Å². The summed E-state index contributed by atoms with van der Waals surface area (Å²) in [7, 11) is -3.58. The normalized spacial score (nSPS) is 11.3. The maximum absolute atomic E-state index is 12.5. The van der Waals surface area contributed by atoms with Crippen LogP contribution in [-0.4, -0.2) is 8.42 Å². The molecule has 0 atom stereocenters. The Morgan fingerprint density at radius 3 is 2.23 bits per heavy atom. The van der Waals surface area contributed by atoms with Crippen molar-refractivity contribution in [3.05, 3.63) is 70.5 Å². The third kappa shape index (κ3) is 3.24. The average Bonchev–Trinajstić information content (AvgIpc) is 2.96. The van der Waals surface area contributed by atoms with Crippen molar-refractivity contribution in [2.45, 2.75) is 4.21 Å². The van der Waals surface area contributed by atoms with Crippen LogP contribution >= 0.6 is 27.3 Å². The van der Waals surface area contributed by atoms with E-state index in [1.165, 1.54) is 11.3 Å². The molecule has 1 N–H and O–H groups in total. The van der Waals surface area contributed by atoms with Gasteiger partial charge < -0.3 is 0 Å². The maximum atomic E-state index is 12.5. The Morgan fingerprint density at radius 2 is 1.55 bits per heavy atom. The second kappa shape index (κ2) is 6.24. The van der Waals surface area contributed by atoms with Gasteiger partial charge in [0.05, 0.1) is 9.47 Å². The smallest absolute Gasteiger partial charge is 0.271 e. The number of hydrogen-bond acceptors (Lipinski definition) is 3. The first-order valence-electron chi connectivity index (χ1n) is 6.49. The van der Waals surface area contributed by atoms with E-state index in [4.69, 9.17) is 0 Å². The summed E-state index contributed by atoms with van der Waals surface area (Å²) in [6.07, 6.45) is 0. The number of sulfonamides is 1. The zero-order valence-corrected chi connectivity index (χ0v) is 14.6. The molecule has 0 spiro atoms. The third-order valence-corrected chi connectivity index (χ3v) is 6.55. The van der Waals surface area contributed by atoms with Gasteiger partial charge in [0.1, 0.15) is 4.21 Å². The minimum Gasteiger partial charge on any atom is -0.278 e.